The number of rotatable bonds is 7. The lowest BCUT2D eigenvalue weighted by Gasteiger charge is -2.54. The Morgan fingerprint density at radius 2 is 1.86 bits per heavy atom. The third kappa shape index (κ3) is 6.23. The zero-order valence-electron chi connectivity index (χ0n) is 22.7. The molecule has 3 aromatic heterocycles. The van der Waals surface area contributed by atoms with Gasteiger partial charge in [0, 0.05) is 82.4 Å². The van der Waals surface area contributed by atoms with E-state index in [4.69, 9.17) is 4.98 Å². The van der Waals surface area contributed by atoms with Crippen LogP contribution in [0.1, 0.15) is 32.6 Å². The molecule has 0 aromatic carbocycles. The standard InChI is InChI=1S/C27H29F5N8O2/c1-17(41)38-6-3-25(4-7-38)15-39(16-25)23-9-22(35-21-8-20(2-5-33-21)42-27(30,31)32)36-24(37-23)19-12-34-40(14-19)13-18-10-26(28,29)11-18/h2,5,8-9,12,14,18H,3-4,6-7,10-11,13,15-16H2,1H3,(H,33,35,36,37). The number of piperidine rings is 1. The first-order valence-corrected chi connectivity index (χ1v) is 13.6. The highest BCUT2D eigenvalue weighted by Gasteiger charge is 2.46. The van der Waals surface area contributed by atoms with Crippen molar-refractivity contribution >= 4 is 23.4 Å². The number of aromatic nitrogens is 5. The van der Waals surface area contributed by atoms with Gasteiger partial charge < -0.3 is 19.9 Å². The van der Waals surface area contributed by atoms with Crippen molar-refractivity contribution in [2.45, 2.75) is 51.4 Å². The summed E-state index contributed by atoms with van der Waals surface area (Å²) in [6.07, 6.45) is 1.02. The summed E-state index contributed by atoms with van der Waals surface area (Å²) >= 11 is 0. The molecule has 1 saturated carbocycles. The number of nitrogens with zero attached hydrogens (tertiary/aromatic N) is 7. The van der Waals surface area contributed by atoms with Crippen LogP contribution in [-0.2, 0) is 11.3 Å². The van der Waals surface area contributed by atoms with E-state index in [1.165, 1.54) is 6.20 Å². The van der Waals surface area contributed by atoms with Crippen LogP contribution in [0.3, 0.4) is 0 Å². The Balaban J connectivity index is 1.23. The predicted molar refractivity (Wildman–Crippen MR) is 141 cm³/mol. The summed E-state index contributed by atoms with van der Waals surface area (Å²) in [6, 6.07) is 3.91. The van der Waals surface area contributed by atoms with Crippen LogP contribution in [0.25, 0.3) is 11.4 Å². The van der Waals surface area contributed by atoms with Crippen molar-refractivity contribution in [2.75, 3.05) is 36.4 Å². The molecule has 1 aliphatic carbocycles. The van der Waals surface area contributed by atoms with E-state index in [1.54, 1.807) is 30.1 Å². The van der Waals surface area contributed by atoms with Gasteiger partial charge in [0.2, 0.25) is 11.8 Å². The molecule has 5 heterocycles. The van der Waals surface area contributed by atoms with Gasteiger partial charge in [0.25, 0.3) is 0 Å². The summed E-state index contributed by atoms with van der Waals surface area (Å²) < 4.78 is 70.4. The topological polar surface area (TPSA) is 101 Å². The van der Waals surface area contributed by atoms with Gasteiger partial charge in [-0.25, -0.2) is 23.7 Å². The normalized spacial score (nSPS) is 19.8. The molecule has 3 fully saturated rings. The molecule has 1 spiro atoms. The molecule has 2 aliphatic heterocycles. The fourth-order valence-electron chi connectivity index (χ4n) is 5.89. The lowest BCUT2D eigenvalue weighted by Crippen LogP contribution is -2.61. The first kappa shape index (κ1) is 28.1. The molecule has 1 N–H and O–H groups in total. The lowest BCUT2D eigenvalue weighted by molar-refractivity contribution is -0.274. The molecule has 10 nitrogen and oxygen atoms in total. The summed E-state index contributed by atoms with van der Waals surface area (Å²) in [4.78, 5) is 29.1. The number of hydrogen-bond donors (Lipinski definition) is 1. The van der Waals surface area contributed by atoms with Gasteiger partial charge in [-0.1, -0.05) is 0 Å². The molecule has 0 atom stereocenters. The van der Waals surface area contributed by atoms with Gasteiger partial charge >= 0.3 is 6.36 Å². The number of alkyl halides is 5. The van der Waals surface area contributed by atoms with E-state index in [0.29, 0.717) is 42.7 Å². The van der Waals surface area contributed by atoms with Crippen molar-refractivity contribution in [3.63, 3.8) is 0 Å². The van der Waals surface area contributed by atoms with Crippen molar-refractivity contribution in [2.24, 2.45) is 11.3 Å². The highest BCUT2D eigenvalue weighted by molar-refractivity contribution is 5.73. The minimum atomic E-state index is -4.85. The number of anilines is 3. The summed E-state index contributed by atoms with van der Waals surface area (Å²) in [7, 11) is 0. The van der Waals surface area contributed by atoms with Crippen molar-refractivity contribution < 1.29 is 31.5 Å². The molecule has 3 aliphatic rings. The Morgan fingerprint density at radius 1 is 1.12 bits per heavy atom. The van der Waals surface area contributed by atoms with Gasteiger partial charge in [0.15, 0.2) is 5.82 Å². The zero-order valence-corrected chi connectivity index (χ0v) is 22.7. The highest BCUT2D eigenvalue weighted by atomic mass is 19.4. The minimum Gasteiger partial charge on any atom is -0.406 e. The average molecular weight is 593 g/mol. The third-order valence-electron chi connectivity index (χ3n) is 8.09. The number of amides is 1. The first-order chi connectivity index (χ1) is 19.8. The Hall–Kier alpha value is -4.04. The predicted octanol–water partition coefficient (Wildman–Crippen LogP) is 4.87. The van der Waals surface area contributed by atoms with Crippen LogP contribution in [0, 0.1) is 11.3 Å². The highest BCUT2D eigenvalue weighted by Crippen LogP contribution is 2.44. The third-order valence-corrected chi connectivity index (χ3v) is 8.09. The van der Waals surface area contributed by atoms with Gasteiger partial charge in [-0.3, -0.25) is 9.48 Å². The van der Waals surface area contributed by atoms with E-state index in [9.17, 15) is 26.7 Å². The number of carbonyl (C=O) groups is 1. The molecule has 1 amide bonds. The average Bonchev–Trinajstić information content (AvgIpc) is 3.34. The van der Waals surface area contributed by atoms with Crippen molar-refractivity contribution in [3.05, 3.63) is 36.8 Å². The molecule has 224 valence electrons. The number of hydrogen-bond acceptors (Lipinski definition) is 8. The van der Waals surface area contributed by atoms with E-state index >= 15 is 0 Å². The van der Waals surface area contributed by atoms with Crippen LogP contribution in [0.5, 0.6) is 5.75 Å². The monoisotopic (exact) mass is 592 g/mol. The van der Waals surface area contributed by atoms with Gasteiger partial charge in [0.1, 0.15) is 23.2 Å². The molecule has 2 saturated heterocycles. The molecule has 0 bridgehead atoms. The fourth-order valence-corrected chi connectivity index (χ4v) is 5.89. The molecular weight excluding hydrogens is 563 g/mol. The number of carbonyl (C=O) groups excluding carboxylic acids is 1. The van der Waals surface area contributed by atoms with Gasteiger partial charge in [-0.05, 0) is 24.8 Å². The quantitative estimate of drug-likeness (QED) is 0.388. The SMILES string of the molecule is CC(=O)N1CCC2(CC1)CN(c1cc(Nc3cc(OC(F)(F)F)ccn3)nc(-c3cnn(CC4CC(F)(F)C4)c3)n1)C2. The van der Waals surface area contributed by atoms with E-state index in [0.717, 1.165) is 38.1 Å². The zero-order chi connectivity index (χ0) is 29.7. The second-order valence-corrected chi connectivity index (χ2v) is 11.4. The Labute approximate surface area is 237 Å². The maximum atomic E-state index is 13.3. The van der Waals surface area contributed by atoms with Crippen LogP contribution in [-0.4, -0.2) is 74.0 Å². The van der Waals surface area contributed by atoms with Gasteiger partial charge in [0.05, 0.1) is 11.8 Å². The Bertz CT molecular complexity index is 1450. The molecular formula is C27H29F5N8O2. The van der Waals surface area contributed by atoms with Crippen LogP contribution in [0.2, 0.25) is 0 Å². The van der Waals surface area contributed by atoms with Gasteiger partial charge in [-0.2, -0.15) is 5.10 Å². The minimum absolute atomic E-state index is 0.0714. The summed E-state index contributed by atoms with van der Waals surface area (Å²) in [6.45, 7) is 4.81. The summed E-state index contributed by atoms with van der Waals surface area (Å²) in [5.74, 6) is -1.84. The maximum Gasteiger partial charge on any atom is 0.573 e. The Morgan fingerprint density at radius 3 is 2.52 bits per heavy atom. The maximum absolute atomic E-state index is 13.3. The molecule has 42 heavy (non-hydrogen) atoms. The van der Waals surface area contributed by atoms with Crippen molar-refractivity contribution in [1.82, 2.24) is 29.6 Å². The van der Waals surface area contributed by atoms with Crippen LogP contribution in [0.15, 0.2) is 36.8 Å². The number of ether oxygens (including phenoxy) is 1. The van der Waals surface area contributed by atoms with Crippen molar-refractivity contribution in [1.29, 1.82) is 0 Å². The molecule has 6 rings (SSSR count). The molecule has 0 unspecified atom stereocenters. The smallest absolute Gasteiger partial charge is 0.406 e. The number of halogens is 5. The van der Waals surface area contributed by atoms with E-state index < -0.39 is 18.0 Å². The number of pyridine rings is 1. The largest absolute Gasteiger partial charge is 0.573 e. The lowest BCUT2D eigenvalue weighted by atomic mass is 9.72. The fraction of sp³-hybridized carbons (Fsp3) is 0.519. The Kier molecular flexibility index (Phi) is 6.92. The second-order valence-electron chi connectivity index (χ2n) is 11.4. The van der Waals surface area contributed by atoms with Gasteiger partial charge in [-0.15, -0.1) is 13.2 Å². The van der Waals surface area contributed by atoms with Crippen LogP contribution >= 0.6 is 0 Å². The van der Waals surface area contributed by atoms with E-state index in [2.05, 4.69) is 30.0 Å². The number of nitrogens with one attached hydrogen (secondary N) is 1. The summed E-state index contributed by atoms with van der Waals surface area (Å²) in [5, 5.41) is 7.26. The van der Waals surface area contributed by atoms with E-state index in [1.807, 2.05) is 4.90 Å². The van der Waals surface area contributed by atoms with Crippen LogP contribution in [0.4, 0.5) is 39.4 Å². The van der Waals surface area contributed by atoms with Crippen molar-refractivity contribution in [3.8, 4) is 17.1 Å². The second kappa shape index (κ2) is 10.3. The molecule has 15 heteroatoms. The van der Waals surface area contributed by atoms with Crippen LogP contribution < -0.4 is 15.0 Å². The molecule has 0 radical (unpaired) electrons. The van der Waals surface area contributed by atoms with E-state index in [-0.39, 0.29) is 35.9 Å². The summed E-state index contributed by atoms with van der Waals surface area (Å²) in [5.41, 5.74) is 0.642. The first-order valence-electron chi connectivity index (χ1n) is 13.6. The molecule has 3 aromatic rings. The number of likely N-dealkylation sites (tertiary alicyclic amines) is 1.